The Morgan fingerprint density at radius 1 is 1.33 bits per heavy atom. The SMILES string of the molecule is CSC1CCC(NCc2ccc(O)c(F)c2)CC1. The Kier molecular flexibility index (Phi) is 4.89. The lowest BCUT2D eigenvalue weighted by molar-refractivity contribution is 0.378. The summed E-state index contributed by atoms with van der Waals surface area (Å²) in [6.07, 6.45) is 7.11. The predicted octanol–water partition coefficient (Wildman–Crippen LogP) is 3.30. The fraction of sp³-hybridized carbons (Fsp3) is 0.571. The van der Waals surface area contributed by atoms with E-state index in [1.165, 1.54) is 37.8 Å². The highest BCUT2D eigenvalue weighted by Gasteiger charge is 2.19. The van der Waals surface area contributed by atoms with Gasteiger partial charge < -0.3 is 10.4 Å². The van der Waals surface area contributed by atoms with Gasteiger partial charge in [-0.15, -0.1) is 0 Å². The molecule has 0 atom stereocenters. The van der Waals surface area contributed by atoms with Crippen LogP contribution in [0.15, 0.2) is 18.2 Å². The zero-order chi connectivity index (χ0) is 13.0. The molecule has 2 N–H and O–H groups in total. The molecule has 1 aromatic rings. The second-order valence-electron chi connectivity index (χ2n) is 4.88. The summed E-state index contributed by atoms with van der Waals surface area (Å²) < 4.78 is 13.2. The second kappa shape index (κ2) is 6.43. The standard InChI is InChI=1S/C14H20FNOS/c1-18-12-5-3-11(4-6-12)16-9-10-2-7-14(17)13(15)8-10/h2,7-8,11-12,16-17H,3-6,9H2,1H3. The van der Waals surface area contributed by atoms with Crippen LogP contribution in [0.1, 0.15) is 31.2 Å². The van der Waals surface area contributed by atoms with Gasteiger partial charge in [-0.25, -0.2) is 4.39 Å². The molecule has 0 aliphatic heterocycles. The molecule has 18 heavy (non-hydrogen) atoms. The number of thioether (sulfide) groups is 1. The van der Waals surface area contributed by atoms with E-state index in [9.17, 15) is 4.39 Å². The van der Waals surface area contributed by atoms with Crippen LogP contribution >= 0.6 is 11.8 Å². The first-order valence-electron chi connectivity index (χ1n) is 6.42. The molecule has 2 rings (SSSR count). The van der Waals surface area contributed by atoms with Crippen LogP contribution in [0.3, 0.4) is 0 Å². The molecule has 1 aliphatic carbocycles. The lowest BCUT2D eigenvalue weighted by Crippen LogP contribution is -2.33. The minimum Gasteiger partial charge on any atom is -0.505 e. The van der Waals surface area contributed by atoms with E-state index >= 15 is 0 Å². The Labute approximate surface area is 112 Å². The third-order valence-electron chi connectivity index (χ3n) is 3.61. The highest BCUT2D eigenvalue weighted by molar-refractivity contribution is 7.99. The fourth-order valence-corrected chi connectivity index (χ4v) is 3.17. The van der Waals surface area contributed by atoms with Gasteiger partial charge >= 0.3 is 0 Å². The van der Waals surface area contributed by atoms with Gasteiger partial charge in [0.25, 0.3) is 0 Å². The smallest absolute Gasteiger partial charge is 0.165 e. The number of phenolic OH excluding ortho intramolecular Hbond substituents is 1. The number of nitrogens with one attached hydrogen (secondary N) is 1. The summed E-state index contributed by atoms with van der Waals surface area (Å²) >= 11 is 1.96. The fourth-order valence-electron chi connectivity index (χ4n) is 2.43. The average Bonchev–Trinajstić information content (AvgIpc) is 2.41. The normalized spacial score (nSPS) is 24.1. The van der Waals surface area contributed by atoms with Crippen molar-refractivity contribution in [2.75, 3.05) is 6.26 Å². The maximum Gasteiger partial charge on any atom is 0.165 e. The van der Waals surface area contributed by atoms with E-state index < -0.39 is 5.82 Å². The molecule has 4 heteroatoms. The maximum absolute atomic E-state index is 13.2. The van der Waals surface area contributed by atoms with Gasteiger partial charge in [0.1, 0.15) is 0 Å². The Balaban J connectivity index is 1.79. The van der Waals surface area contributed by atoms with Crippen LogP contribution in [-0.4, -0.2) is 22.7 Å². The molecule has 1 fully saturated rings. The molecule has 0 heterocycles. The van der Waals surface area contributed by atoms with E-state index in [0.717, 1.165) is 10.8 Å². The van der Waals surface area contributed by atoms with Crippen LogP contribution in [0.2, 0.25) is 0 Å². The van der Waals surface area contributed by atoms with Gasteiger partial charge in [0.05, 0.1) is 0 Å². The molecule has 1 aliphatic rings. The first-order valence-corrected chi connectivity index (χ1v) is 7.71. The summed E-state index contributed by atoms with van der Waals surface area (Å²) in [6.45, 7) is 0.672. The number of hydrogen-bond acceptors (Lipinski definition) is 3. The van der Waals surface area contributed by atoms with Gasteiger partial charge in [0, 0.05) is 17.8 Å². The second-order valence-corrected chi connectivity index (χ2v) is 6.01. The van der Waals surface area contributed by atoms with Gasteiger partial charge in [-0.05, 0) is 49.6 Å². The summed E-state index contributed by atoms with van der Waals surface area (Å²) in [7, 11) is 0. The lowest BCUT2D eigenvalue weighted by atomic mass is 9.95. The van der Waals surface area contributed by atoms with E-state index in [0.29, 0.717) is 12.6 Å². The van der Waals surface area contributed by atoms with Crippen molar-refractivity contribution >= 4 is 11.8 Å². The number of aromatic hydroxyl groups is 1. The van der Waals surface area contributed by atoms with Crippen molar-refractivity contribution in [1.29, 1.82) is 0 Å². The largest absolute Gasteiger partial charge is 0.505 e. The number of halogens is 1. The first-order chi connectivity index (χ1) is 8.69. The van der Waals surface area contributed by atoms with Crippen molar-refractivity contribution in [3.8, 4) is 5.75 Å². The van der Waals surface area contributed by atoms with Gasteiger partial charge in [-0.2, -0.15) is 11.8 Å². The Bertz CT molecular complexity index is 391. The molecule has 0 aromatic heterocycles. The van der Waals surface area contributed by atoms with Crippen molar-refractivity contribution in [3.63, 3.8) is 0 Å². The van der Waals surface area contributed by atoms with Crippen LogP contribution in [-0.2, 0) is 6.54 Å². The highest BCUT2D eigenvalue weighted by atomic mass is 32.2. The van der Waals surface area contributed by atoms with Crippen molar-refractivity contribution < 1.29 is 9.50 Å². The average molecular weight is 269 g/mol. The molecule has 0 amide bonds. The Hall–Kier alpha value is -0.740. The number of phenols is 1. The zero-order valence-electron chi connectivity index (χ0n) is 10.7. The van der Waals surface area contributed by atoms with E-state index in [-0.39, 0.29) is 5.75 Å². The minimum absolute atomic E-state index is 0.278. The van der Waals surface area contributed by atoms with Crippen molar-refractivity contribution in [1.82, 2.24) is 5.32 Å². The van der Waals surface area contributed by atoms with E-state index in [4.69, 9.17) is 5.11 Å². The van der Waals surface area contributed by atoms with E-state index in [1.807, 2.05) is 11.8 Å². The first kappa shape index (κ1) is 13.7. The molecule has 1 saturated carbocycles. The molecule has 0 saturated heterocycles. The summed E-state index contributed by atoms with van der Waals surface area (Å²) in [5, 5.41) is 13.4. The van der Waals surface area contributed by atoms with Gasteiger partial charge in [-0.3, -0.25) is 0 Å². The quantitative estimate of drug-likeness (QED) is 0.879. The highest BCUT2D eigenvalue weighted by Crippen LogP contribution is 2.27. The number of hydrogen-bond donors (Lipinski definition) is 2. The van der Waals surface area contributed by atoms with Crippen molar-refractivity contribution in [2.24, 2.45) is 0 Å². The van der Waals surface area contributed by atoms with Gasteiger partial charge in [-0.1, -0.05) is 6.07 Å². The summed E-state index contributed by atoms with van der Waals surface area (Å²) in [4.78, 5) is 0. The monoisotopic (exact) mass is 269 g/mol. The summed E-state index contributed by atoms with van der Waals surface area (Å²) in [6, 6.07) is 5.12. The third kappa shape index (κ3) is 3.62. The summed E-state index contributed by atoms with van der Waals surface area (Å²) in [5.74, 6) is -0.820. The van der Waals surface area contributed by atoms with Crippen molar-refractivity contribution in [3.05, 3.63) is 29.6 Å². The third-order valence-corrected chi connectivity index (χ3v) is 4.75. The van der Waals surface area contributed by atoms with Gasteiger partial charge in [0.2, 0.25) is 0 Å². The topological polar surface area (TPSA) is 32.3 Å². The molecule has 2 nitrogen and oxygen atoms in total. The molecule has 0 bridgehead atoms. The van der Waals surface area contributed by atoms with Crippen LogP contribution in [0.25, 0.3) is 0 Å². The lowest BCUT2D eigenvalue weighted by Gasteiger charge is -2.28. The van der Waals surface area contributed by atoms with Crippen molar-refractivity contribution in [2.45, 2.75) is 43.5 Å². The zero-order valence-corrected chi connectivity index (χ0v) is 11.5. The number of benzene rings is 1. The maximum atomic E-state index is 13.2. The Morgan fingerprint density at radius 3 is 2.67 bits per heavy atom. The molecule has 100 valence electrons. The predicted molar refractivity (Wildman–Crippen MR) is 74.5 cm³/mol. The molecule has 0 radical (unpaired) electrons. The number of rotatable bonds is 4. The minimum atomic E-state index is -0.541. The van der Waals surface area contributed by atoms with Crippen LogP contribution in [0.5, 0.6) is 5.75 Å². The van der Waals surface area contributed by atoms with Gasteiger partial charge in [0.15, 0.2) is 11.6 Å². The molecular formula is C14H20FNOS. The van der Waals surface area contributed by atoms with Crippen LogP contribution in [0.4, 0.5) is 4.39 Å². The molecular weight excluding hydrogens is 249 g/mol. The molecule has 1 aromatic carbocycles. The Morgan fingerprint density at radius 2 is 2.06 bits per heavy atom. The van der Waals surface area contributed by atoms with E-state index in [2.05, 4.69) is 11.6 Å². The molecule has 0 spiro atoms. The molecule has 0 unspecified atom stereocenters. The van der Waals surface area contributed by atoms with E-state index in [1.54, 1.807) is 6.07 Å². The summed E-state index contributed by atoms with van der Waals surface area (Å²) in [5.41, 5.74) is 0.886. The van der Waals surface area contributed by atoms with Crippen LogP contribution in [0, 0.1) is 5.82 Å². The van der Waals surface area contributed by atoms with Crippen LogP contribution < -0.4 is 5.32 Å².